The average molecular weight is 205 g/mol. The molecule has 0 fully saturated rings. The molecule has 0 saturated carbocycles. The van der Waals surface area contributed by atoms with E-state index in [1.54, 1.807) is 0 Å². The molecule has 2 N–H and O–H groups in total. The smallest absolute Gasteiger partial charge is 0.152 e. The first-order valence-corrected chi connectivity index (χ1v) is 5.27. The molecule has 0 amide bonds. The van der Waals surface area contributed by atoms with Gasteiger partial charge >= 0.3 is 0 Å². The first-order chi connectivity index (χ1) is 7.19. The summed E-state index contributed by atoms with van der Waals surface area (Å²) in [6, 6.07) is 1.95. The Morgan fingerprint density at radius 3 is 2.87 bits per heavy atom. The van der Waals surface area contributed by atoms with Crippen LogP contribution in [0.4, 0.5) is 11.5 Å². The van der Waals surface area contributed by atoms with E-state index in [1.807, 2.05) is 25.3 Å². The van der Waals surface area contributed by atoms with Gasteiger partial charge in [-0.05, 0) is 25.0 Å². The molecule has 0 aliphatic heterocycles. The third-order valence-corrected chi connectivity index (χ3v) is 2.17. The van der Waals surface area contributed by atoms with Crippen LogP contribution in [0.5, 0.6) is 0 Å². The molecule has 15 heavy (non-hydrogen) atoms. The Morgan fingerprint density at radius 1 is 1.60 bits per heavy atom. The number of pyridine rings is 1. The molecule has 1 rings (SSSR count). The zero-order valence-corrected chi connectivity index (χ0v) is 9.53. The number of anilines is 2. The Kier molecular flexibility index (Phi) is 4.16. The second kappa shape index (κ2) is 5.39. The van der Waals surface area contributed by atoms with E-state index in [2.05, 4.69) is 23.4 Å². The van der Waals surface area contributed by atoms with E-state index in [-0.39, 0.29) is 0 Å². The van der Waals surface area contributed by atoms with E-state index in [0.717, 1.165) is 36.6 Å². The highest BCUT2D eigenvalue weighted by atomic mass is 15.2. The van der Waals surface area contributed by atoms with Crippen molar-refractivity contribution in [1.82, 2.24) is 4.98 Å². The number of hydrogen-bond donors (Lipinski definition) is 1. The normalized spacial score (nSPS) is 10.0. The lowest BCUT2D eigenvalue weighted by molar-refractivity contribution is 0.803. The molecule has 0 unspecified atom stereocenters. The predicted molar refractivity (Wildman–Crippen MR) is 66.1 cm³/mol. The molecule has 82 valence electrons. The van der Waals surface area contributed by atoms with Crippen LogP contribution in [0.25, 0.3) is 0 Å². The maximum absolute atomic E-state index is 5.94. The van der Waals surface area contributed by atoms with Crippen molar-refractivity contribution >= 4 is 11.5 Å². The highest BCUT2D eigenvalue weighted by molar-refractivity contribution is 5.63. The van der Waals surface area contributed by atoms with Crippen molar-refractivity contribution in [3.63, 3.8) is 0 Å². The van der Waals surface area contributed by atoms with Gasteiger partial charge in [0.05, 0.1) is 5.69 Å². The lowest BCUT2D eigenvalue weighted by Crippen LogP contribution is -2.26. The van der Waals surface area contributed by atoms with Crippen LogP contribution in [-0.2, 0) is 0 Å². The van der Waals surface area contributed by atoms with Crippen molar-refractivity contribution in [2.45, 2.75) is 20.3 Å². The fourth-order valence-electron chi connectivity index (χ4n) is 1.56. The summed E-state index contributed by atoms with van der Waals surface area (Å²) in [5.41, 5.74) is 7.77. The van der Waals surface area contributed by atoms with Crippen molar-refractivity contribution in [3.8, 4) is 0 Å². The standard InChI is InChI=1S/C12H19N3/c1-4-6-15(7-5-2)12-11(13)8-10(3)9-14-12/h4,8-9H,1,5-7,13H2,2-3H3. The molecule has 0 aromatic carbocycles. The van der Waals surface area contributed by atoms with Gasteiger partial charge in [-0.15, -0.1) is 6.58 Å². The van der Waals surface area contributed by atoms with Gasteiger partial charge in [-0.25, -0.2) is 4.98 Å². The van der Waals surface area contributed by atoms with Crippen LogP contribution < -0.4 is 10.6 Å². The number of hydrogen-bond acceptors (Lipinski definition) is 3. The molecule has 0 spiro atoms. The number of nitrogen functional groups attached to an aromatic ring is 1. The van der Waals surface area contributed by atoms with Crippen LogP contribution in [-0.4, -0.2) is 18.1 Å². The fraction of sp³-hybridized carbons (Fsp3) is 0.417. The summed E-state index contributed by atoms with van der Waals surface area (Å²) in [6.45, 7) is 9.61. The van der Waals surface area contributed by atoms with Crippen molar-refractivity contribution in [1.29, 1.82) is 0 Å². The summed E-state index contributed by atoms with van der Waals surface area (Å²) in [4.78, 5) is 6.51. The first kappa shape index (κ1) is 11.6. The number of nitrogens with two attached hydrogens (primary N) is 1. The summed E-state index contributed by atoms with van der Waals surface area (Å²) in [7, 11) is 0. The minimum absolute atomic E-state index is 0.741. The van der Waals surface area contributed by atoms with Gasteiger partial charge in [0.15, 0.2) is 5.82 Å². The molecule has 0 aliphatic rings. The monoisotopic (exact) mass is 205 g/mol. The van der Waals surface area contributed by atoms with Gasteiger partial charge < -0.3 is 10.6 Å². The minimum atomic E-state index is 0.741. The Morgan fingerprint density at radius 2 is 2.33 bits per heavy atom. The molecule has 1 aromatic rings. The van der Waals surface area contributed by atoms with Crippen LogP contribution in [0, 0.1) is 6.92 Å². The molecule has 0 saturated heterocycles. The third kappa shape index (κ3) is 2.98. The van der Waals surface area contributed by atoms with Crippen molar-refractivity contribution in [2.75, 3.05) is 23.7 Å². The number of aryl methyl sites for hydroxylation is 1. The van der Waals surface area contributed by atoms with Gasteiger partial charge in [-0.3, -0.25) is 0 Å². The molecule has 0 atom stereocenters. The van der Waals surface area contributed by atoms with Crippen molar-refractivity contribution in [2.24, 2.45) is 0 Å². The highest BCUT2D eigenvalue weighted by Gasteiger charge is 2.08. The molecule has 1 aromatic heterocycles. The molecule has 3 nitrogen and oxygen atoms in total. The summed E-state index contributed by atoms with van der Waals surface area (Å²) < 4.78 is 0. The van der Waals surface area contributed by atoms with Gasteiger partial charge in [0, 0.05) is 19.3 Å². The Labute approximate surface area is 91.6 Å². The third-order valence-electron chi connectivity index (χ3n) is 2.17. The zero-order chi connectivity index (χ0) is 11.3. The molecular weight excluding hydrogens is 186 g/mol. The molecule has 0 aliphatic carbocycles. The number of rotatable bonds is 5. The van der Waals surface area contributed by atoms with E-state index >= 15 is 0 Å². The SMILES string of the molecule is C=CCN(CCC)c1ncc(C)cc1N. The maximum Gasteiger partial charge on any atom is 0.152 e. The van der Waals surface area contributed by atoms with Crippen LogP contribution in [0.3, 0.4) is 0 Å². The predicted octanol–water partition coefficient (Wildman–Crippen LogP) is 2.37. The van der Waals surface area contributed by atoms with E-state index in [9.17, 15) is 0 Å². The molecule has 1 heterocycles. The second-order valence-electron chi connectivity index (χ2n) is 3.66. The van der Waals surface area contributed by atoms with Gasteiger partial charge in [0.1, 0.15) is 0 Å². The van der Waals surface area contributed by atoms with Crippen molar-refractivity contribution < 1.29 is 0 Å². The fourth-order valence-corrected chi connectivity index (χ4v) is 1.56. The topological polar surface area (TPSA) is 42.2 Å². The van der Waals surface area contributed by atoms with Crippen LogP contribution in [0.15, 0.2) is 24.9 Å². The number of nitrogens with zero attached hydrogens (tertiary/aromatic N) is 2. The average Bonchev–Trinajstić information content (AvgIpc) is 2.17. The Balaban J connectivity index is 2.94. The van der Waals surface area contributed by atoms with Gasteiger partial charge in [0.2, 0.25) is 0 Å². The quantitative estimate of drug-likeness (QED) is 0.750. The Bertz CT molecular complexity index is 334. The number of aromatic nitrogens is 1. The van der Waals surface area contributed by atoms with Crippen LogP contribution >= 0.6 is 0 Å². The van der Waals surface area contributed by atoms with E-state index in [1.165, 1.54) is 0 Å². The molecular formula is C12H19N3. The molecule has 3 heteroatoms. The van der Waals surface area contributed by atoms with E-state index < -0.39 is 0 Å². The maximum atomic E-state index is 5.94. The van der Waals surface area contributed by atoms with Gasteiger partial charge in [-0.2, -0.15) is 0 Å². The summed E-state index contributed by atoms with van der Waals surface area (Å²) in [6.07, 6.45) is 4.79. The largest absolute Gasteiger partial charge is 0.396 e. The summed E-state index contributed by atoms with van der Waals surface area (Å²) in [5.74, 6) is 0.863. The van der Waals surface area contributed by atoms with Crippen LogP contribution in [0.2, 0.25) is 0 Å². The summed E-state index contributed by atoms with van der Waals surface area (Å²) >= 11 is 0. The van der Waals surface area contributed by atoms with Gasteiger partial charge in [-0.1, -0.05) is 13.0 Å². The lowest BCUT2D eigenvalue weighted by atomic mass is 10.2. The van der Waals surface area contributed by atoms with Crippen LogP contribution in [0.1, 0.15) is 18.9 Å². The second-order valence-corrected chi connectivity index (χ2v) is 3.66. The lowest BCUT2D eigenvalue weighted by Gasteiger charge is -2.22. The summed E-state index contributed by atoms with van der Waals surface area (Å²) in [5, 5.41) is 0. The molecule has 0 radical (unpaired) electrons. The van der Waals surface area contributed by atoms with E-state index in [0.29, 0.717) is 0 Å². The highest BCUT2D eigenvalue weighted by Crippen LogP contribution is 2.20. The first-order valence-electron chi connectivity index (χ1n) is 5.27. The van der Waals surface area contributed by atoms with E-state index in [4.69, 9.17) is 5.73 Å². The van der Waals surface area contributed by atoms with Crippen molar-refractivity contribution in [3.05, 3.63) is 30.5 Å². The minimum Gasteiger partial charge on any atom is -0.396 e. The Hall–Kier alpha value is -1.51. The molecule has 0 bridgehead atoms. The van der Waals surface area contributed by atoms with Gasteiger partial charge in [0.25, 0.3) is 0 Å². The zero-order valence-electron chi connectivity index (χ0n) is 9.53.